The molecule has 0 aliphatic carbocycles. The smallest absolute Gasteiger partial charge is 0.297 e. The van der Waals surface area contributed by atoms with Gasteiger partial charge in [0.25, 0.3) is 5.03 Å². The summed E-state index contributed by atoms with van der Waals surface area (Å²) in [5, 5.41) is 19.0. The molecular weight excluding hydrogens is 440 g/mol. The fourth-order valence-corrected chi connectivity index (χ4v) is 4.15. The number of anilines is 1. The molecule has 3 aromatic carbocycles. The summed E-state index contributed by atoms with van der Waals surface area (Å²) in [6, 6.07) is 24.1. The van der Waals surface area contributed by atoms with Crippen LogP contribution in [-0.4, -0.2) is 21.9 Å². The number of rotatable bonds is 7. The van der Waals surface area contributed by atoms with Crippen molar-refractivity contribution in [3.05, 3.63) is 78.9 Å². The van der Waals surface area contributed by atoms with E-state index < -0.39 is 5.95 Å². The lowest BCUT2D eigenvalue weighted by molar-refractivity contribution is -0.705. The number of nitrogens with one attached hydrogen (secondary N) is 1. The molecule has 0 spiro atoms. The second-order valence-corrected chi connectivity index (χ2v) is 8.21. The topological polar surface area (TPSA) is 108 Å². The van der Waals surface area contributed by atoms with Crippen LogP contribution in [0.1, 0.15) is 6.42 Å². The van der Waals surface area contributed by atoms with E-state index in [0.717, 1.165) is 16.7 Å². The van der Waals surface area contributed by atoms with Crippen LogP contribution in [0.2, 0.25) is 0 Å². The van der Waals surface area contributed by atoms with Gasteiger partial charge in [-0.25, -0.2) is 4.98 Å². The fraction of sp³-hybridized carbons (Fsp3) is 0.0833. The molecule has 5 aromatic rings. The second kappa shape index (κ2) is 9.17. The Bertz CT molecular complexity index is 1360. The maximum atomic E-state index is 12.4. The van der Waals surface area contributed by atoms with Gasteiger partial charge in [-0.3, -0.25) is 4.79 Å². The number of amides is 1. The van der Waals surface area contributed by atoms with Gasteiger partial charge < -0.3 is 19.4 Å². The molecule has 0 saturated carbocycles. The van der Waals surface area contributed by atoms with Gasteiger partial charge in [0.15, 0.2) is 11.5 Å². The summed E-state index contributed by atoms with van der Waals surface area (Å²) in [7, 11) is 0. The van der Waals surface area contributed by atoms with Gasteiger partial charge in [-0.05, 0) is 41.1 Å². The van der Waals surface area contributed by atoms with Crippen molar-refractivity contribution in [2.75, 3.05) is 11.1 Å². The highest BCUT2D eigenvalue weighted by Gasteiger charge is 2.21. The molecule has 0 radical (unpaired) electrons. The van der Waals surface area contributed by atoms with Crippen molar-refractivity contribution in [2.45, 2.75) is 11.4 Å². The van der Waals surface area contributed by atoms with Crippen LogP contribution in [0.25, 0.3) is 28.2 Å². The minimum atomic E-state index is -0.529. The monoisotopic (exact) mass is 458 g/mol. The Morgan fingerprint density at radius 1 is 1.00 bits per heavy atom. The summed E-state index contributed by atoms with van der Waals surface area (Å²) >= 11 is 1.23. The minimum Gasteiger partial charge on any atom is -0.538 e. The van der Waals surface area contributed by atoms with E-state index in [2.05, 4.69) is 15.6 Å². The number of fused-ring (bicyclic) bond motifs is 1. The van der Waals surface area contributed by atoms with Crippen LogP contribution in [0.5, 0.6) is 5.95 Å². The zero-order chi connectivity index (χ0) is 22.6. The van der Waals surface area contributed by atoms with Crippen molar-refractivity contribution < 1.29 is 23.5 Å². The lowest BCUT2D eigenvalue weighted by Gasteiger charge is -2.05. The average molecular weight is 458 g/mol. The summed E-state index contributed by atoms with van der Waals surface area (Å²) in [5.41, 5.74) is 3.73. The molecule has 0 aliphatic heterocycles. The number of carbonyl (C=O) groups excluding carboxylic acids is 1. The first-order chi connectivity index (χ1) is 16.2. The third-order valence-corrected chi connectivity index (χ3v) is 5.87. The number of para-hydroxylation sites is 3. The van der Waals surface area contributed by atoms with Crippen molar-refractivity contribution in [1.82, 2.24) is 10.3 Å². The molecule has 9 heteroatoms. The minimum absolute atomic E-state index is 0.160. The van der Waals surface area contributed by atoms with Crippen LogP contribution in [0.3, 0.4) is 0 Å². The highest BCUT2D eigenvalue weighted by Crippen LogP contribution is 2.26. The molecule has 1 amide bonds. The van der Waals surface area contributed by atoms with Gasteiger partial charge in [0.1, 0.15) is 5.52 Å². The summed E-state index contributed by atoms with van der Waals surface area (Å²) in [6.07, 6.45) is 0.219. The lowest BCUT2D eigenvalue weighted by Crippen LogP contribution is -2.34. The molecule has 8 nitrogen and oxygen atoms in total. The fourth-order valence-electron chi connectivity index (χ4n) is 3.25. The number of nitrogens with zero attached hydrogens (tertiary/aromatic N) is 3. The van der Waals surface area contributed by atoms with Crippen molar-refractivity contribution in [1.29, 1.82) is 0 Å². The molecule has 0 aliphatic rings. The molecule has 0 fully saturated rings. The molecule has 33 heavy (non-hydrogen) atoms. The van der Waals surface area contributed by atoms with E-state index in [0.29, 0.717) is 28.0 Å². The van der Waals surface area contributed by atoms with Crippen LogP contribution in [0.4, 0.5) is 5.69 Å². The maximum absolute atomic E-state index is 12.4. The molecule has 1 N–H and O–H groups in total. The molecule has 2 aromatic heterocycles. The van der Waals surface area contributed by atoms with E-state index in [1.165, 1.54) is 16.4 Å². The molecule has 0 saturated heterocycles. The number of hydrogen-bond acceptors (Lipinski definition) is 7. The van der Waals surface area contributed by atoms with Gasteiger partial charge >= 0.3 is 0 Å². The molecule has 5 rings (SSSR count). The maximum Gasteiger partial charge on any atom is 0.297 e. The first-order valence-corrected chi connectivity index (χ1v) is 11.2. The third kappa shape index (κ3) is 4.58. The lowest BCUT2D eigenvalue weighted by atomic mass is 10.2. The van der Waals surface area contributed by atoms with E-state index in [9.17, 15) is 9.90 Å². The largest absolute Gasteiger partial charge is 0.538 e. The van der Waals surface area contributed by atoms with Crippen LogP contribution in [-0.2, 0) is 4.79 Å². The first-order valence-electron chi connectivity index (χ1n) is 10.2. The van der Waals surface area contributed by atoms with Gasteiger partial charge in [-0.2, -0.15) is 0 Å². The second-order valence-electron chi connectivity index (χ2n) is 7.12. The SMILES string of the molecule is O=C(CCSc1c([O-])on[n+]1-c1ccccc1)Nc1ccc(-c2nc3ccccc3o2)cc1. The number of aromatic nitrogens is 3. The Hall–Kier alpha value is -4.11. The Balaban J connectivity index is 1.18. The summed E-state index contributed by atoms with van der Waals surface area (Å²) in [4.78, 5) is 16.9. The first kappa shape index (κ1) is 20.8. The molecule has 2 heterocycles. The Kier molecular flexibility index (Phi) is 5.77. The van der Waals surface area contributed by atoms with Crippen LogP contribution >= 0.6 is 11.8 Å². The molecule has 0 unspecified atom stereocenters. The third-order valence-electron chi connectivity index (χ3n) is 4.85. The zero-order valence-electron chi connectivity index (χ0n) is 17.3. The van der Waals surface area contributed by atoms with Crippen molar-refractivity contribution >= 4 is 34.5 Å². The van der Waals surface area contributed by atoms with Gasteiger partial charge in [0, 0.05) is 35.6 Å². The van der Waals surface area contributed by atoms with Crippen LogP contribution in [0.15, 0.2) is 92.8 Å². The van der Waals surface area contributed by atoms with Crippen LogP contribution in [0, 0.1) is 0 Å². The van der Waals surface area contributed by atoms with Crippen molar-refractivity contribution in [3.8, 4) is 23.1 Å². The standard InChI is InChI=1S/C24H18N4O4S/c29-21(14-15-33-23-24(30)32-27-28(23)18-6-2-1-3-7-18)25-17-12-10-16(11-13-17)22-26-19-8-4-5-9-20(19)31-22/h1-13H,14-15H2,(H-,25,26,27,29,30). The Morgan fingerprint density at radius 2 is 1.76 bits per heavy atom. The summed E-state index contributed by atoms with van der Waals surface area (Å²) < 4.78 is 12.0. The highest BCUT2D eigenvalue weighted by molar-refractivity contribution is 7.99. The Labute approximate surface area is 192 Å². The number of carbonyl (C=O) groups is 1. The predicted octanol–water partition coefficient (Wildman–Crippen LogP) is 3.95. The number of hydrogen-bond donors (Lipinski definition) is 1. The summed E-state index contributed by atoms with van der Waals surface area (Å²) in [6.45, 7) is 0. The quantitative estimate of drug-likeness (QED) is 0.291. The van der Waals surface area contributed by atoms with Crippen LogP contribution < -0.4 is 15.1 Å². The van der Waals surface area contributed by atoms with E-state index in [4.69, 9.17) is 8.94 Å². The van der Waals surface area contributed by atoms with Gasteiger partial charge in [-0.1, -0.05) is 42.1 Å². The number of benzene rings is 3. The molecule has 164 valence electrons. The van der Waals surface area contributed by atoms with Gasteiger partial charge in [0.05, 0.1) is 5.27 Å². The van der Waals surface area contributed by atoms with E-state index in [-0.39, 0.29) is 12.3 Å². The molecule has 0 atom stereocenters. The normalized spacial score (nSPS) is 11.0. The van der Waals surface area contributed by atoms with Crippen molar-refractivity contribution in [3.63, 3.8) is 0 Å². The predicted molar refractivity (Wildman–Crippen MR) is 121 cm³/mol. The van der Waals surface area contributed by atoms with Gasteiger partial charge in [0.2, 0.25) is 17.5 Å². The highest BCUT2D eigenvalue weighted by atomic mass is 32.2. The van der Waals surface area contributed by atoms with Crippen molar-refractivity contribution in [2.24, 2.45) is 0 Å². The van der Waals surface area contributed by atoms with E-state index in [1.807, 2.05) is 66.7 Å². The van der Waals surface area contributed by atoms with Gasteiger partial charge in [-0.15, -0.1) is 0 Å². The Morgan fingerprint density at radius 3 is 2.55 bits per heavy atom. The van der Waals surface area contributed by atoms with E-state index >= 15 is 0 Å². The average Bonchev–Trinajstić information content (AvgIpc) is 3.44. The molecule has 0 bridgehead atoms. The number of thioether (sulfide) groups is 1. The van der Waals surface area contributed by atoms with E-state index in [1.54, 1.807) is 12.1 Å². The molecular formula is C24H18N4O4S. The summed E-state index contributed by atoms with van der Waals surface area (Å²) in [5.74, 6) is 0.237. The number of oxazole rings is 1. The zero-order valence-corrected chi connectivity index (χ0v) is 18.1.